The van der Waals surface area contributed by atoms with Gasteiger partial charge in [0.05, 0.1) is 13.2 Å². The molecule has 0 unspecified atom stereocenters. The van der Waals surface area contributed by atoms with Crippen LogP contribution in [0.2, 0.25) is 5.02 Å². The summed E-state index contributed by atoms with van der Waals surface area (Å²) in [6.07, 6.45) is 0. The largest absolute Gasteiger partial charge is 0.380 e. The zero-order chi connectivity index (χ0) is 11.6. The molecule has 1 aliphatic heterocycles. The Morgan fingerprint density at radius 2 is 2.19 bits per heavy atom. The maximum absolute atomic E-state index is 6.07. The number of hydrogen-bond acceptors (Lipinski definition) is 2. The molecule has 2 rings (SSSR count). The van der Waals surface area contributed by atoms with Crippen LogP contribution in [0.4, 0.5) is 0 Å². The van der Waals surface area contributed by atoms with Crippen LogP contribution in [0, 0.1) is 12.3 Å². The highest BCUT2D eigenvalue weighted by atomic mass is 35.5. The zero-order valence-electron chi connectivity index (χ0n) is 9.85. The number of halogens is 1. The van der Waals surface area contributed by atoms with Crippen molar-refractivity contribution in [3.8, 4) is 0 Å². The van der Waals surface area contributed by atoms with E-state index in [1.54, 1.807) is 0 Å². The van der Waals surface area contributed by atoms with Crippen LogP contribution in [-0.4, -0.2) is 19.8 Å². The van der Waals surface area contributed by atoms with Crippen molar-refractivity contribution < 1.29 is 4.74 Å². The van der Waals surface area contributed by atoms with Crippen LogP contribution in [0.25, 0.3) is 0 Å². The summed E-state index contributed by atoms with van der Waals surface area (Å²) in [5, 5.41) is 4.30. The van der Waals surface area contributed by atoms with Crippen molar-refractivity contribution in [2.24, 2.45) is 5.41 Å². The Hall–Kier alpha value is -0.570. The van der Waals surface area contributed by atoms with E-state index in [9.17, 15) is 0 Å². The number of benzene rings is 1. The van der Waals surface area contributed by atoms with Gasteiger partial charge in [0, 0.05) is 23.5 Å². The molecule has 0 amide bonds. The summed E-state index contributed by atoms with van der Waals surface area (Å²) in [5.41, 5.74) is 2.69. The fraction of sp³-hybridized carbons (Fsp3) is 0.538. The smallest absolute Gasteiger partial charge is 0.0554 e. The molecule has 1 aliphatic rings. The summed E-state index contributed by atoms with van der Waals surface area (Å²) < 4.78 is 5.21. The molecule has 1 heterocycles. The van der Waals surface area contributed by atoms with E-state index >= 15 is 0 Å². The van der Waals surface area contributed by atoms with E-state index in [0.29, 0.717) is 5.41 Å². The first kappa shape index (κ1) is 11.9. The first-order valence-corrected chi connectivity index (χ1v) is 6.00. The van der Waals surface area contributed by atoms with Gasteiger partial charge < -0.3 is 10.1 Å². The lowest BCUT2D eigenvalue weighted by atomic mass is 9.89. The first-order chi connectivity index (χ1) is 7.59. The van der Waals surface area contributed by atoms with Crippen molar-refractivity contribution in [2.75, 3.05) is 19.8 Å². The maximum Gasteiger partial charge on any atom is 0.0554 e. The van der Waals surface area contributed by atoms with Crippen LogP contribution in [0.15, 0.2) is 18.2 Å². The molecule has 1 N–H and O–H groups in total. The number of hydrogen-bond donors (Lipinski definition) is 1. The van der Waals surface area contributed by atoms with Crippen molar-refractivity contribution in [1.29, 1.82) is 0 Å². The predicted octanol–water partition coefficient (Wildman–Crippen LogP) is 2.77. The number of ether oxygens (including phenoxy) is 1. The van der Waals surface area contributed by atoms with E-state index in [2.05, 4.69) is 24.4 Å². The average Bonchev–Trinajstić information content (AvgIpc) is 2.21. The minimum atomic E-state index is 0.328. The second-order valence-electron chi connectivity index (χ2n) is 4.99. The Labute approximate surface area is 102 Å². The van der Waals surface area contributed by atoms with E-state index in [0.717, 1.165) is 36.9 Å². The Morgan fingerprint density at radius 1 is 1.44 bits per heavy atom. The molecule has 0 radical (unpaired) electrons. The summed E-state index contributed by atoms with van der Waals surface area (Å²) >= 11 is 6.07. The second kappa shape index (κ2) is 4.74. The molecule has 2 nitrogen and oxygen atoms in total. The van der Waals surface area contributed by atoms with Gasteiger partial charge in [-0.3, -0.25) is 0 Å². The van der Waals surface area contributed by atoms with Crippen LogP contribution in [0.3, 0.4) is 0 Å². The minimum absolute atomic E-state index is 0.328. The molecule has 0 saturated carbocycles. The van der Waals surface area contributed by atoms with E-state index < -0.39 is 0 Å². The standard InChI is InChI=1S/C13H18ClNO/c1-10-3-4-11(5-12(10)14)6-15-7-13(2)8-16-9-13/h3-5,15H,6-9H2,1-2H3. The summed E-state index contributed by atoms with van der Waals surface area (Å²) in [5.74, 6) is 0. The third-order valence-corrected chi connectivity index (χ3v) is 3.43. The molecule has 0 aromatic heterocycles. The number of rotatable bonds is 4. The quantitative estimate of drug-likeness (QED) is 0.873. The third-order valence-electron chi connectivity index (χ3n) is 3.02. The Morgan fingerprint density at radius 3 is 2.75 bits per heavy atom. The van der Waals surface area contributed by atoms with Crippen molar-refractivity contribution in [3.63, 3.8) is 0 Å². The molecule has 16 heavy (non-hydrogen) atoms. The Bertz CT molecular complexity index is 374. The van der Waals surface area contributed by atoms with E-state index in [4.69, 9.17) is 16.3 Å². The molecule has 0 spiro atoms. The van der Waals surface area contributed by atoms with Crippen LogP contribution >= 0.6 is 11.6 Å². The molecule has 1 fully saturated rings. The average molecular weight is 240 g/mol. The number of nitrogens with one attached hydrogen (secondary N) is 1. The van der Waals surface area contributed by atoms with E-state index in [1.807, 2.05) is 13.0 Å². The van der Waals surface area contributed by atoms with Gasteiger partial charge >= 0.3 is 0 Å². The summed E-state index contributed by atoms with van der Waals surface area (Å²) in [6, 6.07) is 6.21. The zero-order valence-corrected chi connectivity index (χ0v) is 10.6. The highest BCUT2D eigenvalue weighted by Gasteiger charge is 2.32. The predicted molar refractivity (Wildman–Crippen MR) is 66.8 cm³/mol. The normalized spacial score (nSPS) is 18.2. The molecule has 1 aromatic rings. The van der Waals surface area contributed by atoms with Crippen molar-refractivity contribution in [1.82, 2.24) is 5.32 Å². The highest BCUT2D eigenvalue weighted by Crippen LogP contribution is 2.25. The maximum atomic E-state index is 6.07. The monoisotopic (exact) mass is 239 g/mol. The molecule has 88 valence electrons. The third kappa shape index (κ3) is 2.76. The van der Waals surface area contributed by atoms with Crippen LogP contribution < -0.4 is 5.32 Å². The fourth-order valence-corrected chi connectivity index (χ4v) is 2.01. The fourth-order valence-electron chi connectivity index (χ4n) is 1.81. The minimum Gasteiger partial charge on any atom is -0.380 e. The van der Waals surface area contributed by atoms with Crippen molar-refractivity contribution >= 4 is 11.6 Å². The van der Waals surface area contributed by atoms with Crippen LogP contribution in [0.5, 0.6) is 0 Å². The van der Waals surface area contributed by atoms with Gasteiger partial charge in [0.15, 0.2) is 0 Å². The molecule has 1 aromatic carbocycles. The summed E-state index contributed by atoms with van der Waals surface area (Å²) in [4.78, 5) is 0. The SMILES string of the molecule is Cc1ccc(CNCC2(C)COC2)cc1Cl. The molecule has 0 atom stereocenters. The van der Waals surface area contributed by atoms with Gasteiger partial charge in [0.2, 0.25) is 0 Å². The summed E-state index contributed by atoms with van der Waals surface area (Å²) in [7, 11) is 0. The van der Waals surface area contributed by atoms with Gasteiger partial charge in [-0.25, -0.2) is 0 Å². The Balaban J connectivity index is 1.83. The van der Waals surface area contributed by atoms with E-state index in [-0.39, 0.29) is 0 Å². The van der Waals surface area contributed by atoms with Gasteiger partial charge in [0.25, 0.3) is 0 Å². The summed E-state index contributed by atoms with van der Waals surface area (Å²) in [6.45, 7) is 7.87. The molecule has 0 bridgehead atoms. The lowest BCUT2D eigenvalue weighted by molar-refractivity contribution is -0.0991. The molecule has 1 saturated heterocycles. The molecule has 0 aliphatic carbocycles. The van der Waals surface area contributed by atoms with Crippen LogP contribution in [-0.2, 0) is 11.3 Å². The van der Waals surface area contributed by atoms with Crippen molar-refractivity contribution in [3.05, 3.63) is 34.3 Å². The lowest BCUT2D eigenvalue weighted by Crippen LogP contribution is -2.47. The first-order valence-electron chi connectivity index (χ1n) is 5.63. The molecular weight excluding hydrogens is 222 g/mol. The number of aryl methyl sites for hydroxylation is 1. The van der Waals surface area contributed by atoms with Gasteiger partial charge in [-0.2, -0.15) is 0 Å². The van der Waals surface area contributed by atoms with Gasteiger partial charge in [0.1, 0.15) is 0 Å². The molecular formula is C13H18ClNO. The Kier molecular flexibility index (Phi) is 3.53. The molecule has 3 heteroatoms. The topological polar surface area (TPSA) is 21.3 Å². The van der Waals surface area contributed by atoms with Crippen LogP contribution in [0.1, 0.15) is 18.1 Å². The highest BCUT2D eigenvalue weighted by molar-refractivity contribution is 6.31. The van der Waals surface area contributed by atoms with E-state index in [1.165, 1.54) is 5.56 Å². The van der Waals surface area contributed by atoms with Gasteiger partial charge in [-0.05, 0) is 24.1 Å². The second-order valence-corrected chi connectivity index (χ2v) is 5.40. The van der Waals surface area contributed by atoms with Gasteiger partial charge in [-0.15, -0.1) is 0 Å². The lowest BCUT2D eigenvalue weighted by Gasteiger charge is -2.38. The van der Waals surface area contributed by atoms with Crippen molar-refractivity contribution in [2.45, 2.75) is 20.4 Å². The van der Waals surface area contributed by atoms with Gasteiger partial charge in [-0.1, -0.05) is 30.7 Å².